The van der Waals surface area contributed by atoms with E-state index in [0.717, 1.165) is 11.8 Å². The third-order valence-corrected chi connectivity index (χ3v) is 3.54. The standard InChI is InChI=1S/C15H20N2O4/c18-9-8-16-6-7-17(10-14(16)11-19)15(20)21-12-13-4-2-1-3-5-13/h1-5,11,14,18H,6-10,12H2. The summed E-state index contributed by atoms with van der Waals surface area (Å²) in [6.07, 6.45) is 0.404. The molecule has 0 bridgehead atoms. The monoisotopic (exact) mass is 292 g/mol. The average molecular weight is 292 g/mol. The molecule has 1 aromatic carbocycles. The van der Waals surface area contributed by atoms with Gasteiger partial charge in [-0.15, -0.1) is 0 Å². The lowest BCUT2D eigenvalue weighted by molar-refractivity contribution is -0.114. The highest BCUT2D eigenvalue weighted by molar-refractivity contribution is 5.69. The van der Waals surface area contributed by atoms with Gasteiger partial charge < -0.3 is 19.5 Å². The number of aliphatic hydroxyl groups is 1. The van der Waals surface area contributed by atoms with Crippen molar-refractivity contribution in [2.45, 2.75) is 12.6 Å². The van der Waals surface area contributed by atoms with E-state index in [2.05, 4.69) is 0 Å². The van der Waals surface area contributed by atoms with Gasteiger partial charge in [0, 0.05) is 26.2 Å². The van der Waals surface area contributed by atoms with Crippen molar-refractivity contribution < 1.29 is 19.4 Å². The molecule has 2 rings (SSSR count). The first-order valence-electron chi connectivity index (χ1n) is 7.00. The highest BCUT2D eigenvalue weighted by Gasteiger charge is 2.29. The molecule has 1 amide bonds. The fraction of sp³-hybridized carbons (Fsp3) is 0.467. The zero-order chi connectivity index (χ0) is 15.1. The van der Waals surface area contributed by atoms with Crippen LogP contribution in [0.25, 0.3) is 0 Å². The number of aldehydes is 1. The summed E-state index contributed by atoms with van der Waals surface area (Å²) in [4.78, 5) is 26.5. The number of nitrogens with zero attached hydrogens (tertiary/aromatic N) is 2. The van der Waals surface area contributed by atoms with Gasteiger partial charge in [-0.25, -0.2) is 4.79 Å². The van der Waals surface area contributed by atoms with Gasteiger partial charge in [-0.05, 0) is 5.56 Å². The quantitative estimate of drug-likeness (QED) is 0.800. The largest absolute Gasteiger partial charge is 0.445 e. The van der Waals surface area contributed by atoms with Gasteiger partial charge in [0.15, 0.2) is 0 Å². The Morgan fingerprint density at radius 1 is 1.33 bits per heavy atom. The molecule has 1 unspecified atom stereocenters. The summed E-state index contributed by atoms with van der Waals surface area (Å²) < 4.78 is 5.26. The molecule has 0 saturated carbocycles. The molecule has 1 aromatic rings. The molecular weight excluding hydrogens is 272 g/mol. The van der Waals surface area contributed by atoms with Gasteiger partial charge in [0.05, 0.1) is 12.6 Å². The van der Waals surface area contributed by atoms with Gasteiger partial charge in [-0.3, -0.25) is 4.90 Å². The molecule has 1 aliphatic heterocycles. The molecule has 1 fully saturated rings. The van der Waals surface area contributed by atoms with Crippen molar-refractivity contribution in [2.75, 3.05) is 32.8 Å². The van der Waals surface area contributed by atoms with Crippen molar-refractivity contribution in [3.05, 3.63) is 35.9 Å². The van der Waals surface area contributed by atoms with Crippen LogP contribution in [0, 0.1) is 0 Å². The number of benzene rings is 1. The van der Waals surface area contributed by atoms with E-state index in [4.69, 9.17) is 9.84 Å². The van der Waals surface area contributed by atoms with Crippen molar-refractivity contribution in [2.24, 2.45) is 0 Å². The predicted octanol–water partition coefficient (Wildman–Crippen LogP) is 0.501. The van der Waals surface area contributed by atoms with Crippen LogP contribution in [0.1, 0.15) is 5.56 Å². The number of β-amino-alcohol motifs (C(OH)–C–C–N with tert-alkyl or cyclic N) is 1. The molecule has 1 atom stereocenters. The number of rotatable bonds is 5. The summed E-state index contributed by atoms with van der Waals surface area (Å²) in [5, 5.41) is 8.95. The lowest BCUT2D eigenvalue weighted by Gasteiger charge is -2.37. The number of carbonyl (C=O) groups excluding carboxylic acids is 2. The smallest absolute Gasteiger partial charge is 0.410 e. The lowest BCUT2D eigenvalue weighted by atomic mass is 10.2. The van der Waals surface area contributed by atoms with Gasteiger partial charge in [-0.1, -0.05) is 30.3 Å². The molecule has 21 heavy (non-hydrogen) atoms. The first kappa shape index (κ1) is 15.5. The van der Waals surface area contributed by atoms with Crippen molar-refractivity contribution in [1.29, 1.82) is 0 Å². The molecule has 6 heteroatoms. The van der Waals surface area contributed by atoms with E-state index in [-0.39, 0.29) is 19.3 Å². The van der Waals surface area contributed by atoms with Gasteiger partial charge in [0.2, 0.25) is 0 Å². The maximum Gasteiger partial charge on any atom is 0.410 e. The second kappa shape index (κ2) is 7.75. The predicted molar refractivity (Wildman–Crippen MR) is 76.7 cm³/mol. The lowest BCUT2D eigenvalue weighted by Crippen LogP contribution is -2.56. The van der Waals surface area contributed by atoms with E-state index >= 15 is 0 Å². The SMILES string of the molecule is O=CC1CN(C(=O)OCc2ccccc2)CCN1CCO. The van der Waals surface area contributed by atoms with E-state index < -0.39 is 6.09 Å². The summed E-state index contributed by atoms with van der Waals surface area (Å²) in [7, 11) is 0. The Bertz CT molecular complexity index is 466. The minimum Gasteiger partial charge on any atom is -0.445 e. The number of hydrogen-bond donors (Lipinski definition) is 1. The minimum absolute atomic E-state index is 0.00277. The van der Waals surface area contributed by atoms with Crippen molar-refractivity contribution in [3.63, 3.8) is 0 Å². The molecule has 1 heterocycles. The maximum atomic E-state index is 12.0. The Labute approximate surface area is 123 Å². The van der Waals surface area contributed by atoms with E-state index in [1.165, 1.54) is 4.90 Å². The highest BCUT2D eigenvalue weighted by Crippen LogP contribution is 2.10. The van der Waals surface area contributed by atoms with Crippen LogP contribution in [-0.4, -0.2) is 66.1 Å². The Morgan fingerprint density at radius 2 is 2.10 bits per heavy atom. The fourth-order valence-corrected chi connectivity index (χ4v) is 2.36. The third kappa shape index (κ3) is 4.27. The summed E-state index contributed by atoms with van der Waals surface area (Å²) in [6.45, 7) is 2.03. The number of aliphatic hydroxyl groups excluding tert-OH is 1. The topological polar surface area (TPSA) is 70.1 Å². The normalized spacial score (nSPS) is 19.3. The second-order valence-electron chi connectivity index (χ2n) is 4.95. The summed E-state index contributed by atoms with van der Waals surface area (Å²) >= 11 is 0. The molecule has 1 saturated heterocycles. The van der Waals surface area contributed by atoms with Crippen molar-refractivity contribution in [3.8, 4) is 0 Å². The third-order valence-electron chi connectivity index (χ3n) is 3.54. The van der Waals surface area contributed by atoms with Gasteiger partial charge in [0.25, 0.3) is 0 Å². The van der Waals surface area contributed by atoms with Crippen LogP contribution in [0.4, 0.5) is 4.79 Å². The van der Waals surface area contributed by atoms with Gasteiger partial charge >= 0.3 is 6.09 Å². The zero-order valence-corrected chi connectivity index (χ0v) is 11.9. The summed E-state index contributed by atoms with van der Waals surface area (Å²) in [5.41, 5.74) is 0.928. The number of amides is 1. The Morgan fingerprint density at radius 3 is 2.76 bits per heavy atom. The van der Waals surface area contributed by atoms with E-state index in [1.54, 1.807) is 0 Å². The van der Waals surface area contributed by atoms with E-state index in [1.807, 2.05) is 35.2 Å². The fourth-order valence-electron chi connectivity index (χ4n) is 2.36. The van der Waals surface area contributed by atoms with Crippen LogP contribution < -0.4 is 0 Å². The number of ether oxygens (including phenoxy) is 1. The number of carbonyl (C=O) groups is 2. The minimum atomic E-state index is -0.408. The maximum absolute atomic E-state index is 12.0. The van der Waals surface area contributed by atoms with Crippen molar-refractivity contribution in [1.82, 2.24) is 9.80 Å². The molecule has 0 radical (unpaired) electrons. The molecular formula is C15H20N2O4. The first-order chi connectivity index (χ1) is 10.2. The average Bonchev–Trinajstić information content (AvgIpc) is 2.54. The van der Waals surface area contributed by atoms with E-state index in [0.29, 0.717) is 26.2 Å². The van der Waals surface area contributed by atoms with Gasteiger partial charge in [0.1, 0.15) is 12.9 Å². The molecule has 1 aliphatic rings. The second-order valence-corrected chi connectivity index (χ2v) is 4.95. The molecule has 1 N–H and O–H groups in total. The molecule has 114 valence electrons. The number of piperazine rings is 1. The molecule has 0 spiro atoms. The highest BCUT2D eigenvalue weighted by atomic mass is 16.6. The zero-order valence-electron chi connectivity index (χ0n) is 11.9. The summed E-state index contributed by atoms with van der Waals surface area (Å²) in [5.74, 6) is 0. The molecule has 6 nitrogen and oxygen atoms in total. The van der Waals surface area contributed by atoms with Crippen LogP contribution in [0.5, 0.6) is 0 Å². The first-order valence-corrected chi connectivity index (χ1v) is 7.00. The number of hydrogen-bond acceptors (Lipinski definition) is 5. The van der Waals surface area contributed by atoms with Crippen LogP contribution in [0.15, 0.2) is 30.3 Å². The van der Waals surface area contributed by atoms with Crippen LogP contribution in [0.3, 0.4) is 0 Å². The molecule has 0 aromatic heterocycles. The van der Waals surface area contributed by atoms with Crippen LogP contribution in [-0.2, 0) is 16.1 Å². The Kier molecular flexibility index (Phi) is 5.71. The van der Waals surface area contributed by atoms with E-state index in [9.17, 15) is 9.59 Å². The van der Waals surface area contributed by atoms with Gasteiger partial charge in [-0.2, -0.15) is 0 Å². The summed E-state index contributed by atoms with van der Waals surface area (Å²) in [6, 6.07) is 9.08. The Hall–Kier alpha value is -1.92. The van der Waals surface area contributed by atoms with Crippen molar-refractivity contribution >= 4 is 12.4 Å². The Balaban J connectivity index is 1.84. The van der Waals surface area contributed by atoms with Crippen LogP contribution >= 0.6 is 0 Å². The molecule has 0 aliphatic carbocycles. The van der Waals surface area contributed by atoms with Crippen LogP contribution in [0.2, 0.25) is 0 Å².